The second-order valence-electron chi connectivity index (χ2n) is 11.1. The number of aliphatic hydroxyl groups is 1. The number of aliphatic hydroxyl groups excluding tert-OH is 1. The Morgan fingerprint density at radius 2 is 1.74 bits per heavy atom. The molecule has 208 valence electrons. The summed E-state index contributed by atoms with van der Waals surface area (Å²) in [6, 6.07) is 16.1. The van der Waals surface area contributed by atoms with E-state index in [1.165, 1.54) is 0 Å². The van der Waals surface area contributed by atoms with Gasteiger partial charge in [0.1, 0.15) is 6.04 Å². The third kappa shape index (κ3) is 5.19. The van der Waals surface area contributed by atoms with Gasteiger partial charge >= 0.3 is 0 Å². The van der Waals surface area contributed by atoms with Gasteiger partial charge in [-0.25, -0.2) is 0 Å². The number of amides is 3. The number of nitrogens with one attached hydrogen (secondary N) is 2. The van der Waals surface area contributed by atoms with E-state index in [1.54, 1.807) is 34.9 Å². The summed E-state index contributed by atoms with van der Waals surface area (Å²) in [7, 11) is 0. The Morgan fingerprint density at radius 3 is 2.49 bits per heavy atom. The zero-order valence-corrected chi connectivity index (χ0v) is 23.8. The first-order chi connectivity index (χ1) is 18.8. The van der Waals surface area contributed by atoms with Crippen molar-refractivity contribution < 1.29 is 19.5 Å². The van der Waals surface area contributed by atoms with Gasteiger partial charge < -0.3 is 20.6 Å². The van der Waals surface area contributed by atoms with Gasteiger partial charge in [-0.2, -0.15) is 0 Å². The molecule has 0 radical (unpaired) electrons. The maximum absolute atomic E-state index is 14.1. The van der Waals surface area contributed by atoms with Crippen molar-refractivity contribution in [3.05, 3.63) is 65.2 Å². The van der Waals surface area contributed by atoms with Gasteiger partial charge in [0, 0.05) is 24.4 Å². The average Bonchev–Trinajstić information content (AvgIpc) is 3.49. The van der Waals surface area contributed by atoms with Crippen molar-refractivity contribution in [2.75, 3.05) is 18.5 Å². The van der Waals surface area contributed by atoms with Gasteiger partial charge in [0.2, 0.25) is 17.7 Å². The summed E-state index contributed by atoms with van der Waals surface area (Å²) < 4.78 is -1.09. The molecule has 3 fully saturated rings. The minimum Gasteiger partial charge on any atom is -0.396 e. The number of fused-ring (bicyclic) bond motifs is 1. The predicted octanol–water partition coefficient (Wildman–Crippen LogP) is 4.63. The molecule has 7 nitrogen and oxygen atoms in total. The van der Waals surface area contributed by atoms with E-state index in [0.29, 0.717) is 30.2 Å². The van der Waals surface area contributed by atoms with Gasteiger partial charge in [0.25, 0.3) is 0 Å². The first-order valence-electron chi connectivity index (χ1n) is 13.8. The topological polar surface area (TPSA) is 98.7 Å². The smallest absolute Gasteiger partial charge is 0.248 e. The molecule has 3 aliphatic heterocycles. The molecule has 0 saturated carbocycles. The summed E-state index contributed by atoms with van der Waals surface area (Å²) in [5.41, 5.74) is 1.51. The van der Waals surface area contributed by atoms with Crippen LogP contribution in [0.5, 0.6) is 0 Å². The molecule has 39 heavy (non-hydrogen) atoms. The molecule has 2 unspecified atom stereocenters. The van der Waals surface area contributed by atoms with Gasteiger partial charge in [0.15, 0.2) is 0 Å². The van der Waals surface area contributed by atoms with E-state index in [1.807, 2.05) is 36.4 Å². The van der Waals surface area contributed by atoms with Crippen LogP contribution in [0.15, 0.2) is 54.6 Å². The maximum Gasteiger partial charge on any atom is 0.248 e. The molecule has 5 rings (SSSR count). The van der Waals surface area contributed by atoms with E-state index >= 15 is 0 Å². The van der Waals surface area contributed by atoms with E-state index in [-0.39, 0.29) is 24.3 Å². The van der Waals surface area contributed by atoms with Crippen LogP contribution in [0.3, 0.4) is 0 Å². The molecule has 0 aromatic heterocycles. The minimum absolute atomic E-state index is 0.104. The van der Waals surface area contributed by atoms with Crippen molar-refractivity contribution in [1.82, 2.24) is 10.2 Å². The van der Waals surface area contributed by atoms with Gasteiger partial charge in [-0.05, 0) is 50.3 Å². The predicted molar refractivity (Wildman–Crippen MR) is 154 cm³/mol. The van der Waals surface area contributed by atoms with Crippen molar-refractivity contribution in [2.24, 2.45) is 11.8 Å². The number of thioether (sulfide) groups is 1. The third-order valence-electron chi connectivity index (χ3n) is 8.56. The van der Waals surface area contributed by atoms with Crippen LogP contribution < -0.4 is 10.6 Å². The van der Waals surface area contributed by atoms with E-state index in [0.717, 1.165) is 37.7 Å². The number of hydrogen-bond donors (Lipinski definition) is 3. The Kier molecular flexibility index (Phi) is 8.26. The lowest BCUT2D eigenvalue weighted by atomic mass is 9.66. The average molecular weight is 570 g/mol. The first-order valence-corrected chi connectivity index (χ1v) is 15.0. The van der Waals surface area contributed by atoms with Crippen LogP contribution in [0.1, 0.15) is 51.0 Å². The fraction of sp³-hybridized carbons (Fsp3) is 0.500. The molecule has 2 aromatic carbocycles. The Hall–Kier alpha value is -2.55. The number of nitrogens with zero attached hydrogens (tertiary/aromatic N) is 1. The summed E-state index contributed by atoms with van der Waals surface area (Å²) in [5.74, 6) is -1.55. The van der Waals surface area contributed by atoms with E-state index in [9.17, 15) is 14.4 Å². The highest BCUT2D eigenvalue weighted by Crippen LogP contribution is 2.71. The molecule has 3 N–H and O–H groups in total. The van der Waals surface area contributed by atoms with Crippen LogP contribution >= 0.6 is 23.4 Å². The number of unbranched alkanes of at least 4 members (excludes halogenated alkanes) is 3. The number of carbonyl (C=O) groups is 3. The summed E-state index contributed by atoms with van der Waals surface area (Å²) in [5, 5.41) is 15.7. The highest BCUT2D eigenvalue weighted by molar-refractivity contribution is 8.02. The number of benzene rings is 2. The van der Waals surface area contributed by atoms with E-state index < -0.39 is 27.4 Å². The van der Waals surface area contributed by atoms with Crippen molar-refractivity contribution in [3.8, 4) is 0 Å². The number of halogens is 1. The highest BCUT2D eigenvalue weighted by Gasteiger charge is 2.77. The second-order valence-corrected chi connectivity index (χ2v) is 13.4. The number of para-hydroxylation sites is 1. The SMILES string of the molecule is C[C@]12CCC3(S1)C(C(=O)Nc1ccccc1Cl)N(CCCCCCO)C(=O)[C@@H]3[C@H]2C(=O)NCc1ccccc1. The van der Waals surface area contributed by atoms with E-state index in [2.05, 4.69) is 17.6 Å². The van der Waals surface area contributed by atoms with Crippen LogP contribution in [0.25, 0.3) is 0 Å². The number of hydrogen-bond acceptors (Lipinski definition) is 5. The molecular weight excluding hydrogens is 534 g/mol. The fourth-order valence-electron chi connectivity index (χ4n) is 6.77. The number of rotatable bonds is 11. The molecule has 3 saturated heterocycles. The van der Waals surface area contributed by atoms with Gasteiger partial charge in [-0.1, -0.05) is 66.9 Å². The maximum atomic E-state index is 14.1. The van der Waals surface area contributed by atoms with Gasteiger partial charge in [-0.3, -0.25) is 14.4 Å². The standard InChI is InChI=1S/C30H36ClN3O4S/c1-29-15-16-30(39-29)24(23(29)26(36)32-19-20-11-5-4-6-12-20)28(38)34(17-9-2-3-10-18-35)25(30)27(37)33-22-14-8-7-13-21(22)31/h4-8,11-14,23-25,35H,2-3,9-10,15-19H2,1H3,(H,32,36)(H,33,37)/t23-,24-,25?,29+,30?/m0/s1. The normalized spacial score (nSPS) is 28.9. The zero-order chi connectivity index (χ0) is 27.6. The van der Waals surface area contributed by atoms with Crippen molar-refractivity contribution >= 4 is 46.8 Å². The molecule has 3 amide bonds. The lowest BCUT2D eigenvalue weighted by Crippen LogP contribution is -2.52. The Morgan fingerprint density at radius 1 is 1.03 bits per heavy atom. The molecule has 3 aliphatic rings. The number of carbonyl (C=O) groups excluding carboxylic acids is 3. The molecule has 2 bridgehead atoms. The monoisotopic (exact) mass is 569 g/mol. The zero-order valence-electron chi connectivity index (χ0n) is 22.2. The Labute approximate surface area is 239 Å². The van der Waals surface area contributed by atoms with E-state index in [4.69, 9.17) is 16.7 Å². The van der Waals surface area contributed by atoms with Crippen LogP contribution in [-0.2, 0) is 20.9 Å². The van der Waals surface area contributed by atoms with Crippen LogP contribution in [-0.4, -0.2) is 56.4 Å². The van der Waals surface area contributed by atoms with Crippen LogP contribution in [0.2, 0.25) is 5.02 Å². The van der Waals surface area contributed by atoms with Crippen molar-refractivity contribution in [3.63, 3.8) is 0 Å². The summed E-state index contributed by atoms with van der Waals surface area (Å²) in [6.07, 6.45) is 4.64. The second kappa shape index (κ2) is 11.5. The van der Waals surface area contributed by atoms with Crippen LogP contribution in [0, 0.1) is 11.8 Å². The lowest BCUT2D eigenvalue weighted by molar-refractivity contribution is -0.140. The fourth-order valence-corrected chi connectivity index (χ4v) is 9.31. The number of anilines is 1. The van der Waals surface area contributed by atoms with Gasteiger partial charge in [-0.15, -0.1) is 11.8 Å². The minimum atomic E-state index is -0.692. The van der Waals surface area contributed by atoms with Crippen molar-refractivity contribution in [2.45, 2.75) is 67.5 Å². The van der Waals surface area contributed by atoms with Crippen molar-refractivity contribution in [1.29, 1.82) is 0 Å². The Balaban J connectivity index is 1.42. The quantitative estimate of drug-likeness (QED) is 0.343. The molecule has 0 aliphatic carbocycles. The molecule has 2 aromatic rings. The highest BCUT2D eigenvalue weighted by atomic mass is 35.5. The van der Waals surface area contributed by atoms with Gasteiger partial charge in [0.05, 0.1) is 27.3 Å². The third-order valence-corrected chi connectivity index (χ3v) is 10.9. The largest absolute Gasteiger partial charge is 0.396 e. The molecule has 3 heterocycles. The molecule has 1 spiro atoms. The summed E-state index contributed by atoms with van der Waals surface area (Å²) in [4.78, 5) is 43.5. The lowest BCUT2D eigenvalue weighted by Gasteiger charge is -2.35. The first kappa shape index (κ1) is 28.0. The molecule has 5 atom stereocenters. The van der Waals surface area contributed by atoms with Crippen LogP contribution in [0.4, 0.5) is 5.69 Å². The molecular formula is C30H36ClN3O4S. The summed E-state index contributed by atoms with van der Waals surface area (Å²) >= 11 is 8.02. The summed E-state index contributed by atoms with van der Waals surface area (Å²) in [6.45, 7) is 3.06. The molecule has 9 heteroatoms. The number of likely N-dealkylation sites (tertiary alicyclic amines) is 1. The Bertz CT molecular complexity index is 1230.